The molecule has 0 fully saturated rings. The Morgan fingerprint density at radius 3 is 2.31 bits per heavy atom. The number of carbonyl (C=O) groups excluding carboxylic acids is 1. The van der Waals surface area contributed by atoms with Gasteiger partial charge in [0.25, 0.3) is 0 Å². The van der Waals surface area contributed by atoms with Crippen molar-refractivity contribution in [1.82, 2.24) is 10.3 Å². The first-order valence-electron chi connectivity index (χ1n) is 11.3. The van der Waals surface area contributed by atoms with Crippen molar-refractivity contribution in [3.63, 3.8) is 0 Å². The number of fused-ring (bicyclic) bond motifs is 1. The minimum atomic E-state index is -3.39. The van der Waals surface area contributed by atoms with Gasteiger partial charge in [0.05, 0.1) is 17.3 Å². The molecule has 0 spiro atoms. The second-order valence-electron chi connectivity index (χ2n) is 6.78. The molecule has 36 heavy (non-hydrogen) atoms. The minimum Gasteiger partial charge on any atom is -0.352 e. The van der Waals surface area contributed by atoms with Crippen LogP contribution in [0.25, 0.3) is 10.9 Å². The number of aldehydes is 1. The number of carbonyl (C=O) groups is 1. The average molecular weight is 541 g/mol. The maximum Gasteiger partial charge on any atom is 0.238 e. The summed E-state index contributed by atoms with van der Waals surface area (Å²) in [5.74, 6) is 0. The van der Waals surface area contributed by atoms with Gasteiger partial charge in [-0.3, -0.25) is 14.2 Å². The zero-order valence-corrected chi connectivity index (χ0v) is 23.4. The number of pyridine rings is 1. The van der Waals surface area contributed by atoms with Crippen LogP contribution in [0.2, 0.25) is 5.02 Å². The maximum absolute atomic E-state index is 12.8. The fourth-order valence-electron chi connectivity index (χ4n) is 2.95. The van der Waals surface area contributed by atoms with Gasteiger partial charge in [-0.15, -0.1) is 6.58 Å². The third-order valence-corrected chi connectivity index (χ3v) is 7.09. The van der Waals surface area contributed by atoms with E-state index >= 15 is 0 Å². The van der Waals surface area contributed by atoms with Crippen molar-refractivity contribution >= 4 is 41.5 Å². The molecule has 0 radical (unpaired) electrons. The number of hydrogen-bond donors (Lipinski definition) is 2. The average Bonchev–Trinajstić information content (AvgIpc) is 3.28. The number of hydrogen-bond acceptors (Lipinski definition) is 5. The summed E-state index contributed by atoms with van der Waals surface area (Å²) in [6.07, 6.45) is 7.34. The van der Waals surface area contributed by atoms with E-state index in [-0.39, 0.29) is 17.2 Å². The second kappa shape index (κ2) is 18.5. The lowest BCUT2D eigenvalue weighted by molar-refractivity contribution is -0.885. The molecule has 1 unspecified atom stereocenters. The van der Waals surface area contributed by atoms with Crippen LogP contribution in [0.15, 0.2) is 67.8 Å². The van der Waals surface area contributed by atoms with Crippen LogP contribution in [0.4, 0.5) is 4.39 Å². The van der Waals surface area contributed by atoms with Crippen LogP contribution in [0.3, 0.4) is 0 Å². The quantitative estimate of drug-likeness (QED) is 0.167. The summed E-state index contributed by atoms with van der Waals surface area (Å²) >= 11 is 5.93. The number of nitrogens with one attached hydrogen (secondary N) is 2. The molecule has 0 aliphatic rings. The van der Waals surface area contributed by atoms with E-state index in [1.165, 1.54) is 12.7 Å². The molecule has 0 bridgehead atoms. The topological polar surface area (TPSA) is 84.3 Å². The lowest BCUT2D eigenvalue weighted by Crippen LogP contribution is -2.39. The highest BCUT2D eigenvalue weighted by atomic mass is 35.5. The van der Waals surface area contributed by atoms with Crippen LogP contribution in [-0.4, -0.2) is 38.7 Å². The lowest BCUT2D eigenvalue weighted by Gasteiger charge is -2.14. The summed E-state index contributed by atoms with van der Waals surface area (Å²) in [5, 5.41) is 4.30. The van der Waals surface area contributed by atoms with Crippen molar-refractivity contribution in [2.24, 2.45) is 0 Å². The molecule has 1 aromatic carbocycles. The second-order valence-corrected chi connectivity index (χ2v) is 9.74. The van der Waals surface area contributed by atoms with Crippen LogP contribution in [0, 0.1) is 0 Å². The standard InChI is InChI=1S/C13H12ClFNO3P.C8H13N2O.C3H6.C2H6/c1-19-20(18,6-2-5-15)13-10-7-9(14)3-4-11(10)16-12(13)8-17;1-9-7-8-3-5-10(11-2)6-4-8;1-3-2;1-2/h2-5,7-8,16H,6H2,1H3;3-6,9H,7H2,1-2H3;3H,1H2,2H3;1-2H3/q;+1;;/b5-2+;;;. The van der Waals surface area contributed by atoms with E-state index in [2.05, 4.69) is 16.9 Å². The Kier molecular flexibility index (Phi) is 17.1. The SMILES string of the molecule is C=CC.CC.CNCc1cc[n+](OC)cc1.COP(=O)(C/C=C/F)c1c(C=O)[nH]c2ccc(Cl)cc12. The molecule has 0 aliphatic heterocycles. The van der Waals surface area contributed by atoms with Crippen LogP contribution in [0.1, 0.15) is 36.8 Å². The highest BCUT2D eigenvalue weighted by Crippen LogP contribution is 2.48. The Hall–Kier alpha value is -2.77. The molecular formula is C26H37ClFN3O4P+. The minimum absolute atomic E-state index is 0.139. The number of benzene rings is 1. The summed E-state index contributed by atoms with van der Waals surface area (Å²) in [5.41, 5.74) is 2.02. The summed E-state index contributed by atoms with van der Waals surface area (Å²) in [4.78, 5) is 19.0. The first-order chi connectivity index (χ1) is 17.3. The van der Waals surface area contributed by atoms with E-state index in [1.54, 1.807) is 36.1 Å². The van der Waals surface area contributed by atoms with Gasteiger partial charge in [-0.05, 0) is 43.8 Å². The van der Waals surface area contributed by atoms with E-state index in [0.29, 0.717) is 28.5 Å². The van der Waals surface area contributed by atoms with Gasteiger partial charge in [0.2, 0.25) is 19.8 Å². The van der Waals surface area contributed by atoms with E-state index in [1.807, 2.05) is 52.3 Å². The van der Waals surface area contributed by atoms with Crippen molar-refractivity contribution in [1.29, 1.82) is 0 Å². The smallest absolute Gasteiger partial charge is 0.238 e. The third-order valence-electron chi connectivity index (χ3n) is 4.41. The number of rotatable bonds is 8. The molecule has 0 amide bonds. The van der Waals surface area contributed by atoms with Gasteiger partial charge in [-0.1, -0.05) is 31.5 Å². The Balaban J connectivity index is 0.000000645. The monoisotopic (exact) mass is 540 g/mol. The summed E-state index contributed by atoms with van der Waals surface area (Å²) in [6.45, 7) is 10.1. The van der Waals surface area contributed by atoms with Crippen LogP contribution < -0.4 is 20.2 Å². The molecule has 3 rings (SSSR count). The molecule has 2 N–H and O–H groups in total. The molecule has 2 heterocycles. The van der Waals surface area contributed by atoms with Crippen LogP contribution >= 0.6 is 19.0 Å². The van der Waals surface area contributed by atoms with Gasteiger partial charge in [-0.2, -0.15) is 0 Å². The van der Waals surface area contributed by atoms with E-state index < -0.39 is 7.37 Å². The number of halogens is 2. The molecule has 3 aromatic rings. The van der Waals surface area contributed by atoms with Crippen molar-refractivity contribution in [3.05, 3.63) is 84.1 Å². The highest BCUT2D eigenvalue weighted by Gasteiger charge is 2.30. The molecule has 0 saturated heterocycles. The largest absolute Gasteiger partial charge is 0.352 e. The normalized spacial score (nSPS) is 11.7. The number of aromatic amines is 1. The molecule has 7 nitrogen and oxygen atoms in total. The van der Waals surface area contributed by atoms with Gasteiger partial charge in [0, 0.05) is 52.6 Å². The van der Waals surface area contributed by atoms with Gasteiger partial charge < -0.3 is 14.8 Å². The Labute approximate surface area is 218 Å². The van der Waals surface area contributed by atoms with Crippen molar-refractivity contribution in [2.45, 2.75) is 27.3 Å². The Morgan fingerprint density at radius 2 is 1.83 bits per heavy atom. The third kappa shape index (κ3) is 10.1. The molecule has 0 saturated carbocycles. The molecule has 2 aromatic heterocycles. The zero-order valence-electron chi connectivity index (χ0n) is 21.8. The zero-order chi connectivity index (χ0) is 27.6. The van der Waals surface area contributed by atoms with Gasteiger partial charge in [0.15, 0.2) is 6.29 Å². The van der Waals surface area contributed by atoms with E-state index in [4.69, 9.17) is 21.0 Å². The lowest BCUT2D eigenvalue weighted by atomic mass is 10.2. The number of aromatic nitrogens is 2. The van der Waals surface area contributed by atoms with Gasteiger partial charge in [0.1, 0.15) is 7.11 Å². The van der Waals surface area contributed by atoms with Gasteiger partial charge >= 0.3 is 0 Å². The van der Waals surface area contributed by atoms with Crippen molar-refractivity contribution in [3.8, 4) is 0 Å². The number of nitrogens with zero attached hydrogens (tertiary/aromatic N) is 1. The Bertz CT molecular complexity index is 1130. The molecule has 0 aliphatic carbocycles. The highest BCUT2D eigenvalue weighted by molar-refractivity contribution is 7.67. The Morgan fingerprint density at radius 1 is 1.22 bits per heavy atom. The van der Waals surface area contributed by atoms with Gasteiger partial charge in [-0.25, -0.2) is 4.39 Å². The first kappa shape index (κ1) is 33.2. The fraction of sp³-hybridized carbons (Fsp3) is 0.308. The summed E-state index contributed by atoms with van der Waals surface area (Å²) in [6, 6.07) is 8.96. The van der Waals surface area contributed by atoms with E-state index in [9.17, 15) is 13.8 Å². The number of allylic oxidation sites excluding steroid dienone is 2. The first-order valence-corrected chi connectivity index (χ1v) is 13.5. The van der Waals surface area contributed by atoms with Crippen molar-refractivity contribution in [2.75, 3.05) is 27.4 Å². The summed E-state index contributed by atoms with van der Waals surface area (Å²) < 4.78 is 31.8. The predicted octanol–water partition coefficient (Wildman–Crippen LogP) is 5.64. The maximum atomic E-state index is 12.8. The van der Waals surface area contributed by atoms with Crippen LogP contribution in [0.5, 0.6) is 0 Å². The fourth-order valence-corrected chi connectivity index (χ4v) is 5.02. The van der Waals surface area contributed by atoms with E-state index in [0.717, 1.165) is 12.6 Å². The molecule has 198 valence electrons. The number of H-pyrrole nitrogens is 1. The molecular weight excluding hydrogens is 504 g/mol. The molecule has 1 atom stereocenters. The predicted molar refractivity (Wildman–Crippen MR) is 147 cm³/mol. The summed E-state index contributed by atoms with van der Waals surface area (Å²) in [7, 11) is 1.44. The molecule has 10 heteroatoms. The van der Waals surface area contributed by atoms with Crippen LogP contribution in [-0.2, 0) is 15.6 Å². The van der Waals surface area contributed by atoms with Crippen molar-refractivity contribution < 1.29 is 27.8 Å².